The smallest absolute Gasteiger partial charge is 0.0515 e. The molecule has 0 aliphatic heterocycles. The van der Waals surface area contributed by atoms with E-state index >= 15 is 0 Å². The predicted octanol–water partition coefficient (Wildman–Crippen LogP) is 4.45. The van der Waals surface area contributed by atoms with Crippen molar-refractivity contribution in [2.75, 3.05) is 12.8 Å². The fourth-order valence-electron chi connectivity index (χ4n) is 2.13. The molecule has 1 fully saturated rings. The molecule has 1 aromatic rings. The quantitative estimate of drug-likeness (QED) is 0.860. The lowest BCUT2D eigenvalue weighted by Gasteiger charge is -2.17. The number of thioether (sulfide) groups is 1. The molecule has 2 rings (SSSR count). The topological polar surface area (TPSA) is 12.0 Å². The first kappa shape index (κ1) is 12.9. The SMILES string of the molecule is CNC(CSC1CCCC1)c1sccc1Br. The van der Waals surface area contributed by atoms with E-state index in [4.69, 9.17) is 0 Å². The van der Waals surface area contributed by atoms with Crippen molar-refractivity contribution in [3.05, 3.63) is 20.8 Å². The molecule has 0 radical (unpaired) electrons. The lowest BCUT2D eigenvalue weighted by molar-refractivity contribution is 0.669. The largest absolute Gasteiger partial charge is 0.312 e. The average molecular weight is 320 g/mol. The summed E-state index contributed by atoms with van der Waals surface area (Å²) in [5.74, 6) is 1.19. The summed E-state index contributed by atoms with van der Waals surface area (Å²) in [6, 6.07) is 2.64. The van der Waals surface area contributed by atoms with E-state index in [1.54, 1.807) is 0 Å². The Labute approximate surface area is 115 Å². The predicted molar refractivity (Wildman–Crippen MR) is 78.5 cm³/mol. The number of halogens is 1. The molecule has 1 aliphatic carbocycles. The minimum Gasteiger partial charge on any atom is -0.312 e. The van der Waals surface area contributed by atoms with E-state index in [0.717, 1.165) is 5.25 Å². The highest BCUT2D eigenvalue weighted by Gasteiger charge is 2.19. The molecule has 1 nitrogen and oxygen atoms in total. The van der Waals surface area contributed by atoms with Crippen molar-refractivity contribution in [1.82, 2.24) is 5.32 Å². The van der Waals surface area contributed by atoms with Gasteiger partial charge in [-0.2, -0.15) is 11.8 Å². The van der Waals surface area contributed by atoms with Crippen molar-refractivity contribution >= 4 is 39.0 Å². The van der Waals surface area contributed by atoms with Crippen molar-refractivity contribution in [2.24, 2.45) is 0 Å². The summed E-state index contributed by atoms with van der Waals surface area (Å²) >= 11 is 7.61. The molecule has 1 unspecified atom stereocenters. The van der Waals surface area contributed by atoms with Gasteiger partial charge in [0.05, 0.1) is 6.04 Å². The Kier molecular flexibility index (Phi) is 5.20. The minimum absolute atomic E-state index is 0.500. The summed E-state index contributed by atoms with van der Waals surface area (Å²) in [5, 5.41) is 6.50. The molecule has 1 heterocycles. The van der Waals surface area contributed by atoms with Crippen LogP contribution >= 0.6 is 39.0 Å². The van der Waals surface area contributed by atoms with Crippen LogP contribution in [0.25, 0.3) is 0 Å². The van der Waals surface area contributed by atoms with Crippen LogP contribution in [0.1, 0.15) is 36.6 Å². The van der Waals surface area contributed by atoms with E-state index in [-0.39, 0.29) is 0 Å². The van der Waals surface area contributed by atoms with Crippen LogP contribution in [-0.2, 0) is 0 Å². The minimum atomic E-state index is 0.500. The molecule has 0 bridgehead atoms. The van der Waals surface area contributed by atoms with E-state index in [2.05, 4.69) is 51.5 Å². The number of thiophene rings is 1. The van der Waals surface area contributed by atoms with E-state index in [9.17, 15) is 0 Å². The molecular formula is C12H18BrNS2. The maximum atomic E-state index is 3.62. The summed E-state index contributed by atoms with van der Waals surface area (Å²) in [5.41, 5.74) is 0. The van der Waals surface area contributed by atoms with Crippen LogP contribution in [0.5, 0.6) is 0 Å². The number of hydrogen-bond acceptors (Lipinski definition) is 3. The maximum absolute atomic E-state index is 3.62. The van der Waals surface area contributed by atoms with Gasteiger partial charge in [0.2, 0.25) is 0 Å². The number of hydrogen-bond donors (Lipinski definition) is 1. The molecule has 0 aromatic carbocycles. The summed E-state index contributed by atoms with van der Waals surface area (Å²) < 4.78 is 1.25. The van der Waals surface area contributed by atoms with Gasteiger partial charge < -0.3 is 5.32 Å². The Morgan fingerprint density at radius 3 is 2.88 bits per heavy atom. The third-order valence-electron chi connectivity index (χ3n) is 3.11. The van der Waals surface area contributed by atoms with Crippen LogP contribution in [0.3, 0.4) is 0 Å². The Bertz CT molecular complexity index is 321. The van der Waals surface area contributed by atoms with Gasteiger partial charge in [-0.1, -0.05) is 12.8 Å². The van der Waals surface area contributed by atoms with Crippen LogP contribution in [0.4, 0.5) is 0 Å². The van der Waals surface area contributed by atoms with E-state index < -0.39 is 0 Å². The Balaban J connectivity index is 1.88. The summed E-state index contributed by atoms with van der Waals surface area (Å²) in [6.07, 6.45) is 5.72. The lowest BCUT2D eigenvalue weighted by Crippen LogP contribution is -2.19. The van der Waals surface area contributed by atoms with E-state index in [1.807, 2.05) is 11.3 Å². The third-order valence-corrected chi connectivity index (χ3v) is 6.56. The zero-order valence-corrected chi connectivity index (χ0v) is 12.8. The van der Waals surface area contributed by atoms with Crippen LogP contribution in [0.15, 0.2) is 15.9 Å². The molecule has 1 N–H and O–H groups in total. The first-order chi connectivity index (χ1) is 7.81. The molecule has 0 saturated heterocycles. The molecule has 1 saturated carbocycles. The van der Waals surface area contributed by atoms with Gasteiger partial charge in [0.25, 0.3) is 0 Å². The van der Waals surface area contributed by atoms with Crippen molar-refractivity contribution < 1.29 is 0 Å². The Morgan fingerprint density at radius 1 is 1.56 bits per heavy atom. The van der Waals surface area contributed by atoms with Crippen LogP contribution in [0.2, 0.25) is 0 Å². The highest BCUT2D eigenvalue weighted by Crippen LogP contribution is 2.35. The standard InChI is InChI=1S/C12H18BrNS2/c1-14-11(12-10(13)6-7-15-12)8-16-9-4-2-3-5-9/h6-7,9,11,14H,2-5,8H2,1H3. The van der Waals surface area contributed by atoms with Gasteiger partial charge in [-0.05, 0) is 47.3 Å². The van der Waals surface area contributed by atoms with Crippen LogP contribution < -0.4 is 5.32 Å². The van der Waals surface area contributed by atoms with Gasteiger partial charge in [0, 0.05) is 20.4 Å². The van der Waals surface area contributed by atoms with Gasteiger partial charge >= 0.3 is 0 Å². The fourth-order valence-corrected chi connectivity index (χ4v) is 5.46. The molecule has 0 amide bonds. The second-order valence-electron chi connectivity index (χ2n) is 4.21. The third kappa shape index (κ3) is 3.25. The molecule has 4 heteroatoms. The van der Waals surface area contributed by atoms with E-state index in [0.29, 0.717) is 6.04 Å². The molecule has 1 aliphatic rings. The van der Waals surface area contributed by atoms with Crippen LogP contribution in [0, 0.1) is 0 Å². The van der Waals surface area contributed by atoms with Crippen molar-refractivity contribution in [2.45, 2.75) is 37.0 Å². The van der Waals surface area contributed by atoms with Gasteiger partial charge in [0.15, 0.2) is 0 Å². The maximum Gasteiger partial charge on any atom is 0.0515 e. The normalized spacial score (nSPS) is 19.1. The lowest BCUT2D eigenvalue weighted by atomic mass is 10.3. The second kappa shape index (κ2) is 6.43. The van der Waals surface area contributed by atoms with Gasteiger partial charge in [-0.25, -0.2) is 0 Å². The average Bonchev–Trinajstić information content (AvgIpc) is 2.92. The summed E-state index contributed by atoms with van der Waals surface area (Å²) in [4.78, 5) is 1.44. The van der Waals surface area contributed by atoms with E-state index in [1.165, 1.54) is 40.8 Å². The Hall–Kier alpha value is 0.490. The monoisotopic (exact) mass is 319 g/mol. The van der Waals surface area contributed by atoms with Crippen molar-refractivity contribution in [1.29, 1.82) is 0 Å². The number of nitrogens with one attached hydrogen (secondary N) is 1. The van der Waals surface area contributed by atoms with Gasteiger partial charge in [0.1, 0.15) is 0 Å². The highest BCUT2D eigenvalue weighted by atomic mass is 79.9. The first-order valence-electron chi connectivity index (χ1n) is 5.83. The van der Waals surface area contributed by atoms with Gasteiger partial charge in [-0.15, -0.1) is 11.3 Å². The molecular weight excluding hydrogens is 302 g/mol. The van der Waals surface area contributed by atoms with Crippen LogP contribution in [-0.4, -0.2) is 18.1 Å². The molecule has 16 heavy (non-hydrogen) atoms. The summed E-state index contributed by atoms with van der Waals surface area (Å²) in [7, 11) is 2.06. The molecule has 90 valence electrons. The zero-order chi connectivity index (χ0) is 11.4. The second-order valence-corrected chi connectivity index (χ2v) is 7.35. The molecule has 1 aromatic heterocycles. The summed E-state index contributed by atoms with van der Waals surface area (Å²) in [6.45, 7) is 0. The zero-order valence-electron chi connectivity index (χ0n) is 9.54. The fraction of sp³-hybridized carbons (Fsp3) is 0.667. The van der Waals surface area contributed by atoms with Crippen molar-refractivity contribution in [3.63, 3.8) is 0 Å². The van der Waals surface area contributed by atoms with Crippen molar-refractivity contribution in [3.8, 4) is 0 Å². The highest BCUT2D eigenvalue weighted by molar-refractivity contribution is 9.10. The molecule has 0 spiro atoms. The first-order valence-corrected chi connectivity index (χ1v) is 8.55. The molecule has 1 atom stereocenters. The van der Waals surface area contributed by atoms with Gasteiger partial charge in [-0.3, -0.25) is 0 Å². The number of rotatable bonds is 5. The Morgan fingerprint density at radius 2 is 2.31 bits per heavy atom.